The Balaban J connectivity index is 0.000000278. The van der Waals surface area contributed by atoms with Gasteiger partial charge in [0.2, 0.25) is 0 Å². The molecule has 6 heteroatoms. The lowest BCUT2D eigenvalue weighted by atomic mass is 10.0. The second-order valence-electron chi connectivity index (χ2n) is 7.67. The van der Waals surface area contributed by atoms with Gasteiger partial charge in [-0.1, -0.05) is 109 Å². The lowest BCUT2D eigenvalue weighted by molar-refractivity contribution is -0.132. The van der Waals surface area contributed by atoms with Crippen molar-refractivity contribution in [3.8, 4) is 22.6 Å². The third kappa shape index (κ3) is 6.68. The highest BCUT2D eigenvalue weighted by molar-refractivity contribution is 7.59. The van der Waals surface area contributed by atoms with Crippen molar-refractivity contribution >= 4 is 60.5 Å². The molecular formula is C30H28O4S2. The summed E-state index contributed by atoms with van der Waals surface area (Å²) in [7, 11) is 0. The van der Waals surface area contributed by atoms with Crippen molar-refractivity contribution < 1.29 is 19.1 Å². The lowest BCUT2D eigenvalue weighted by Gasteiger charge is -2.15. The summed E-state index contributed by atoms with van der Waals surface area (Å²) in [6.45, 7) is 2.73. The summed E-state index contributed by atoms with van der Waals surface area (Å²) in [6.07, 6.45) is 0. The monoisotopic (exact) mass is 516 g/mol. The Morgan fingerprint density at radius 1 is 0.444 bits per heavy atom. The van der Waals surface area contributed by atoms with Crippen LogP contribution in [0.2, 0.25) is 0 Å². The van der Waals surface area contributed by atoms with Gasteiger partial charge in [0.1, 0.15) is 11.5 Å². The molecule has 5 aromatic rings. The molecule has 0 aromatic heterocycles. The van der Waals surface area contributed by atoms with Crippen molar-refractivity contribution in [2.24, 2.45) is 0 Å². The zero-order valence-corrected chi connectivity index (χ0v) is 22.0. The second kappa shape index (κ2) is 13.4. The number of benzene rings is 5. The van der Waals surface area contributed by atoms with Gasteiger partial charge in [-0.15, -0.1) is 0 Å². The van der Waals surface area contributed by atoms with E-state index in [9.17, 15) is 9.59 Å². The molecule has 0 radical (unpaired) electrons. The van der Waals surface area contributed by atoms with Gasteiger partial charge in [-0.05, 0) is 11.1 Å². The molecule has 0 aliphatic carbocycles. The molecule has 0 saturated carbocycles. The number of rotatable bonds is 3. The maximum atomic E-state index is 11.5. The molecule has 0 heterocycles. The number of esters is 2. The number of ether oxygens (including phenoxy) is 2. The summed E-state index contributed by atoms with van der Waals surface area (Å²) < 4.78 is 10.8. The minimum Gasteiger partial charge on any atom is -0.425 e. The van der Waals surface area contributed by atoms with Crippen molar-refractivity contribution in [1.82, 2.24) is 0 Å². The Hall–Kier alpha value is -3.74. The number of hydrogen-bond acceptors (Lipinski definition) is 4. The third-order valence-corrected chi connectivity index (χ3v) is 5.21. The van der Waals surface area contributed by atoms with Crippen LogP contribution in [0.4, 0.5) is 0 Å². The molecule has 4 nitrogen and oxygen atoms in total. The molecule has 36 heavy (non-hydrogen) atoms. The van der Waals surface area contributed by atoms with Gasteiger partial charge in [0.25, 0.3) is 0 Å². The van der Waals surface area contributed by atoms with E-state index in [2.05, 4.69) is 48.5 Å². The molecule has 0 saturated heterocycles. The number of carbonyl (C=O) groups is 2. The van der Waals surface area contributed by atoms with Crippen LogP contribution in [0.1, 0.15) is 13.8 Å². The highest BCUT2D eigenvalue weighted by Crippen LogP contribution is 2.42. The van der Waals surface area contributed by atoms with Crippen LogP contribution in [0.3, 0.4) is 0 Å². The van der Waals surface area contributed by atoms with Gasteiger partial charge < -0.3 is 9.47 Å². The summed E-state index contributed by atoms with van der Waals surface area (Å²) in [5.74, 6) is 0.176. The highest BCUT2D eigenvalue weighted by Gasteiger charge is 2.17. The summed E-state index contributed by atoms with van der Waals surface area (Å²) >= 11 is 0. The first kappa shape index (κ1) is 28.5. The van der Waals surface area contributed by atoms with Crippen molar-refractivity contribution in [3.63, 3.8) is 0 Å². The minimum absolute atomic E-state index is 0. The topological polar surface area (TPSA) is 52.6 Å². The van der Waals surface area contributed by atoms with Gasteiger partial charge in [-0.25, -0.2) is 0 Å². The third-order valence-electron chi connectivity index (χ3n) is 5.21. The first-order chi connectivity index (χ1) is 16.5. The average molecular weight is 517 g/mol. The first-order valence-corrected chi connectivity index (χ1v) is 11.0. The van der Waals surface area contributed by atoms with E-state index in [4.69, 9.17) is 9.47 Å². The van der Waals surface area contributed by atoms with E-state index in [0.717, 1.165) is 21.5 Å². The summed E-state index contributed by atoms with van der Waals surface area (Å²) in [6, 6.07) is 35.5. The van der Waals surface area contributed by atoms with E-state index in [1.54, 1.807) is 0 Å². The maximum Gasteiger partial charge on any atom is 0.308 e. The number of hydrogen-bond donors (Lipinski definition) is 0. The quantitative estimate of drug-likeness (QED) is 0.142. The standard InChI is InChI=1S/C18H14O4.C12H10.2H2S/c1-11(19)21-17-13-7-3-5-9-15(13)18(22-12(2)20)16-10-6-4-8-14(16)17;1-3-7-11(8-4-1)12-9-5-2-6-10-12;;/h3-10H,1-2H3;1-10H;2*1H2. The van der Waals surface area contributed by atoms with Gasteiger partial charge >= 0.3 is 11.9 Å². The molecule has 0 N–H and O–H groups in total. The fourth-order valence-electron chi connectivity index (χ4n) is 3.82. The predicted octanol–water partition coefficient (Wildman–Crippen LogP) is 7.42. The van der Waals surface area contributed by atoms with E-state index in [1.165, 1.54) is 25.0 Å². The molecule has 0 bridgehead atoms. The lowest BCUT2D eigenvalue weighted by Crippen LogP contribution is -2.05. The molecule has 0 unspecified atom stereocenters. The van der Waals surface area contributed by atoms with Gasteiger partial charge in [-0.2, -0.15) is 27.0 Å². The molecule has 0 amide bonds. The Morgan fingerprint density at radius 2 is 0.694 bits per heavy atom. The van der Waals surface area contributed by atoms with Crippen LogP contribution in [0.5, 0.6) is 11.5 Å². The molecule has 0 spiro atoms. The van der Waals surface area contributed by atoms with E-state index in [0.29, 0.717) is 11.5 Å². The summed E-state index contributed by atoms with van der Waals surface area (Å²) in [5, 5.41) is 2.92. The van der Waals surface area contributed by atoms with Crippen LogP contribution in [0, 0.1) is 0 Å². The summed E-state index contributed by atoms with van der Waals surface area (Å²) in [4.78, 5) is 22.9. The molecule has 0 aliphatic rings. The smallest absolute Gasteiger partial charge is 0.308 e. The largest absolute Gasteiger partial charge is 0.425 e. The first-order valence-electron chi connectivity index (χ1n) is 11.0. The summed E-state index contributed by atoms with van der Waals surface area (Å²) in [5.41, 5.74) is 2.55. The molecule has 0 atom stereocenters. The maximum absolute atomic E-state index is 11.5. The van der Waals surface area contributed by atoms with Crippen molar-refractivity contribution in [2.75, 3.05) is 0 Å². The van der Waals surface area contributed by atoms with Crippen molar-refractivity contribution in [3.05, 3.63) is 109 Å². The Bertz CT molecular complexity index is 1280. The molecule has 5 aromatic carbocycles. The van der Waals surface area contributed by atoms with Crippen LogP contribution in [-0.4, -0.2) is 11.9 Å². The van der Waals surface area contributed by atoms with Gasteiger partial charge in [0, 0.05) is 35.4 Å². The zero-order valence-electron chi connectivity index (χ0n) is 20.0. The predicted molar refractivity (Wildman–Crippen MR) is 157 cm³/mol. The fraction of sp³-hybridized carbons (Fsp3) is 0.0667. The SMILES string of the molecule is CC(=O)Oc1c2ccccc2c(OC(C)=O)c2ccccc12.S.S.c1ccc(-c2ccccc2)cc1. The van der Waals surface area contributed by atoms with Crippen molar-refractivity contribution in [2.45, 2.75) is 13.8 Å². The Labute approximate surface area is 224 Å². The van der Waals surface area contributed by atoms with E-state index < -0.39 is 11.9 Å². The fourth-order valence-corrected chi connectivity index (χ4v) is 3.82. The normalized spacial score (nSPS) is 9.72. The molecule has 5 rings (SSSR count). The van der Waals surface area contributed by atoms with E-state index in [-0.39, 0.29) is 27.0 Å². The Morgan fingerprint density at radius 3 is 0.944 bits per heavy atom. The number of carbonyl (C=O) groups excluding carboxylic acids is 2. The van der Waals surface area contributed by atoms with Crippen LogP contribution >= 0.6 is 27.0 Å². The Kier molecular flexibility index (Phi) is 10.6. The molecular weight excluding hydrogens is 488 g/mol. The second-order valence-corrected chi connectivity index (χ2v) is 7.67. The minimum atomic E-state index is -0.393. The molecule has 0 aliphatic heterocycles. The van der Waals surface area contributed by atoms with Gasteiger partial charge in [0.05, 0.1) is 0 Å². The highest BCUT2D eigenvalue weighted by atomic mass is 32.1. The zero-order chi connectivity index (χ0) is 23.9. The average Bonchev–Trinajstić information content (AvgIpc) is 2.87. The van der Waals surface area contributed by atoms with Crippen LogP contribution < -0.4 is 9.47 Å². The van der Waals surface area contributed by atoms with E-state index in [1.807, 2.05) is 60.7 Å². The van der Waals surface area contributed by atoms with Crippen LogP contribution in [-0.2, 0) is 9.59 Å². The van der Waals surface area contributed by atoms with Crippen LogP contribution in [0.15, 0.2) is 109 Å². The van der Waals surface area contributed by atoms with Crippen LogP contribution in [0.25, 0.3) is 32.7 Å². The van der Waals surface area contributed by atoms with E-state index >= 15 is 0 Å². The van der Waals surface area contributed by atoms with Gasteiger partial charge in [0.15, 0.2) is 0 Å². The molecule has 184 valence electrons. The molecule has 0 fully saturated rings. The number of fused-ring (bicyclic) bond motifs is 2. The van der Waals surface area contributed by atoms with Gasteiger partial charge in [-0.3, -0.25) is 9.59 Å². The van der Waals surface area contributed by atoms with Crippen molar-refractivity contribution in [1.29, 1.82) is 0 Å².